The molecule has 0 aliphatic rings. The fourth-order valence-corrected chi connectivity index (χ4v) is 1.09. The van der Waals surface area contributed by atoms with Gasteiger partial charge in [0.05, 0.1) is 5.02 Å². The average Bonchev–Trinajstić information content (AvgIpc) is 1.99. The number of hydrogen-bond donors (Lipinski definition) is 2. The van der Waals surface area contributed by atoms with Gasteiger partial charge in [-0.05, 0) is 17.7 Å². The number of phenolic OH excluding ortho intramolecular Hbond substituents is 1. The van der Waals surface area contributed by atoms with Crippen LogP contribution in [0, 0.1) is 0 Å². The molecule has 0 unspecified atom stereocenters. The summed E-state index contributed by atoms with van der Waals surface area (Å²) in [7, 11) is 0. The Balaban J connectivity index is 3.21. The molecule has 0 bridgehead atoms. The second kappa shape index (κ2) is 3.30. The molecule has 0 radical (unpaired) electrons. The summed E-state index contributed by atoms with van der Waals surface area (Å²) < 4.78 is 0. The molecule has 0 fully saturated rings. The van der Waals surface area contributed by atoms with Gasteiger partial charge in [0.1, 0.15) is 10.8 Å². The van der Waals surface area contributed by atoms with Gasteiger partial charge in [0.2, 0.25) is 0 Å². The Labute approximate surface area is 74.5 Å². The van der Waals surface area contributed by atoms with Crippen molar-refractivity contribution >= 4 is 23.2 Å². The zero-order chi connectivity index (χ0) is 8.43. The average molecular weight is 192 g/mol. The molecule has 4 heteroatoms. The molecule has 0 aliphatic carbocycles. The number of phenols is 1. The van der Waals surface area contributed by atoms with Crippen molar-refractivity contribution in [1.82, 2.24) is 0 Å². The van der Waals surface area contributed by atoms with Crippen molar-refractivity contribution in [3.05, 3.63) is 27.7 Å². The molecular formula is C7H7Cl2NO. The van der Waals surface area contributed by atoms with E-state index in [2.05, 4.69) is 0 Å². The Morgan fingerprint density at radius 2 is 2.00 bits per heavy atom. The lowest BCUT2D eigenvalue weighted by Crippen LogP contribution is -1.95. The normalized spacial score (nSPS) is 10.1. The number of rotatable bonds is 1. The largest absolute Gasteiger partial charge is 0.506 e. The third-order valence-corrected chi connectivity index (χ3v) is 2.10. The van der Waals surface area contributed by atoms with E-state index >= 15 is 0 Å². The van der Waals surface area contributed by atoms with Crippen molar-refractivity contribution in [2.45, 2.75) is 6.54 Å². The molecule has 0 heterocycles. The standard InChI is InChI=1S/C7H7Cl2NO/c8-5-1-4(3-10)2-6(11)7(5)9/h1-2,11H,3,10H2. The van der Waals surface area contributed by atoms with Crippen molar-refractivity contribution in [2.24, 2.45) is 5.73 Å². The van der Waals surface area contributed by atoms with Gasteiger partial charge in [0.15, 0.2) is 0 Å². The smallest absolute Gasteiger partial charge is 0.136 e. The molecule has 0 amide bonds. The fraction of sp³-hybridized carbons (Fsp3) is 0.143. The first kappa shape index (κ1) is 8.65. The number of aromatic hydroxyl groups is 1. The Kier molecular flexibility index (Phi) is 2.60. The van der Waals surface area contributed by atoms with E-state index in [9.17, 15) is 0 Å². The van der Waals surface area contributed by atoms with Gasteiger partial charge in [-0.3, -0.25) is 0 Å². The van der Waals surface area contributed by atoms with E-state index in [4.69, 9.17) is 34.0 Å². The highest BCUT2D eigenvalue weighted by molar-refractivity contribution is 6.42. The van der Waals surface area contributed by atoms with Crippen molar-refractivity contribution in [3.63, 3.8) is 0 Å². The second-order valence-corrected chi connectivity index (χ2v) is 2.90. The third-order valence-electron chi connectivity index (χ3n) is 1.30. The summed E-state index contributed by atoms with van der Waals surface area (Å²) in [6.45, 7) is 0.338. The van der Waals surface area contributed by atoms with Crippen molar-refractivity contribution < 1.29 is 5.11 Å². The number of halogens is 2. The van der Waals surface area contributed by atoms with Gasteiger partial charge >= 0.3 is 0 Å². The Hall–Kier alpha value is -0.440. The molecule has 2 nitrogen and oxygen atoms in total. The van der Waals surface area contributed by atoms with Crippen LogP contribution in [0.1, 0.15) is 5.56 Å². The molecule has 0 saturated carbocycles. The maximum absolute atomic E-state index is 9.14. The van der Waals surface area contributed by atoms with Gasteiger partial charge in [-0.25, -0.2) is 0 Å². The Morgan fingerprint density at radius 3 is 2.45 bits per heavy atom. The first-order valence-corrected chi connectivity index (χ1v) is 3.77. The summed E-state index contributed by atoms with van der Waals surface area (Å²) in [4.78, 5) is 0. The van der Waals surface area contributed by atoms with Crippen LogP contribution >= 0.6 is 23.2 Å². The molecule has 60 valence electrons. The number of nitrogens with two attached hydrogens (primary N) is 1. The van der Waals surface area contributed by atoms with Crippen LogP contribution in [0.15, 0.2) is 12.1 Å². The summed E-state index contributed by atoms with van der Waals surface area (Å²) in [5, 5.41) is 9.64. The van der Waals surface area contributed by atoms with Gasteiger partial charge in [-0.15, -0.1) is 0 Å². The van der Waals surface area contributed by atoms with Gasteiger partial charge in [0.25, 0.3) is 0 Å². The van der Waals surface area contributed by atoms with Crippen LogP contribution in [-0.4, -0.2) is 5.11 Å². The molecule has 0 aromatic heterocycles. The molecule has 3 N–H and O–H groups in total. The summed E-state index contributed by atoms with van der Waals surface area (Å²) in [6, 6.07) is 3.12. The first-order valence-electron chi connectivity index (χ1n) is 3.02. The fourth-order valence-electron chi connectivity index (χ4n) is 0.747. The van der Waals surface area contributed by atoms with Crippen LogP contribution in [0.25, 0.3) is 0 Å². The lowest BCUT2D eigenvalue weighted by Gasteiger charge is -2.02. The van der Waals surface area contributed by atoms with Crippen LogP contribution in [-0.2, 0) is 6.54 Å². The second-order valence-electron chi connectivity index (χ2n) is 2.11. The van der Waals surface area contributed by atoms with Gasteiger partial charge in [-0.1, -0.05) is 23.2 Å². The zero-order valence-electron chi connectivity index (χ0n) is 5.64. The third kappa shape index (κ3) is 1.77. The molecule has 1 rings (SSSR count). The van der Waals surface area contributed by atoms with Crippen molar-refractivity contribution in [1.29, 1.82) is 0 Å². The summed E-state index contributed by atoms with van der Waals surface area (Å²) in [6.07, 6.45) is 0. The van der Waals surface area contributed by atoms with Crippen LogP contribution in [0.3, 0.4) is 0 Å². The van der Waals surface area contributed by atoms with E-state index in [1.165, 1.54) is 6.07 Å². The molecule has 0 atom stereocenters. The van der Waals surface area contributed by atoms with E-state index in [0.717, 1.165) is 5.56 Å². The highest BCUT2D eigenvalue weighted by Gasteiger charge is 2.04. The highest BCUT2D eigenvalue weighted by Crippen LogP contribution is 2.31. The minimum absolute atomic E-state index is 0.0281. The van der Waals surface area contributed by atoms with Gasteiger partial charge in [-0.2, -0.15) is 0 Å². The molecule has 0 aliphatic heterocycles. The maximum atomic E-state index is 9.14. The monoisotopic (exact) mass is 191 g/mol. The highest BCUT2D eigenvalue weighted by atomic mass is 35.5. The zero-order valence-corrected chi connectivity index (χ0v) is 7.15. The van der Waals surface area contributed by atoms with Crippen molar-refractivity contribution in [3.8, 4) is 5.75 Å². The molecule has 0 spiro atoms. The molecular weight excluding hydrogens is 185 g/mol. The molecule has 0 saturated heterocycles. The Bertz CT molecular complexity index is 252. The minimum Gasteiger partial charge on any atom is -0.506 e. The predicted octanol–water partition coefficient (Wildman–Crippen LogP) is 2.16. The Morgan fingerprint density at radius 1 is 1.36 bits per heavy atom. The topological polar surface area (TPSA) is 46.2 Å². The quantitative estimate of drug-likeness (QED) is 0.715. The number of benzene rings is 1. The first-order chi connectivity index (χ1) is 5.15. The minimum atomic E-state index is -0.0281. The summed E-state index contributed by atoms with van der Waals surface area (Å²) in [5.74, 6) is -0.0281. The summed E-state index contributed by atoms with van der Waals surface area (Å²) in [5.41, 5.74) is 6.09. The lowest BCUT2D eigenvalue weighted by molar-refractivity contribution is 0.475. The SMILES string of the molecule is NCc1cc(O)c(Cl)c(Cl)c1. The van der Waals surface area contributed by atoms with Crippen LogP contribution in [0.2, 0.25) is 10.0 Å². The van der Waals surface area contributed by atoms with E-state index < -0.39 is 0 Å². The number of hydrogen-bond acceptors (Lipinski definition) is 2. The molecule has 1 aromatic carbocycles. The van der Waals surface area contributed by atoms with Gasteiger partial charge in [0, 0.05) is 6.54 Å². The van der Waals surface area contributed by atoms with Crippen LogP contribution in [0.5, 0.6) is 5.75 Å². The maximum Gasteiger partial charge on any atom is 0.136 e. The van der Waals surface area contributed by atoms with E-state index in [-0.39, 0.29) is 10.8 Å². The van der Waals surface area contributed by atoms with E-state index in [1.807, 2.05) is 0 Å². The van der Waals surface area contributed by atoms with Gasteiger partial charge < -0.3 is 10.8 Å². The van der Waals surface area contributed by atoms with E-state index in [0.29, 0.717) is 11.6 Å². The molecule has 11 heavy (non-hydrogen) atoms. The van der Waals surface area contributed by atoms with E-state index in [1.54, 1.807) is 6.07 Å². The predicted molar refractivity (Wildman–Crippen MR) is 46.0 cm³/mol. The lowest BCUT2D eigenvalue weighted by atomic mass is 10.2. The van der Waals surface area contributed by atoms with Crippen LogP contribution in [0.4, 0.5) is 0 Å². The van der Waals surface area contributed by atoms with Crippen LogP contribution < -0.4 is 5.73 Å². The summed E-state index contributed by atoms with van der Waals surface area (Å²) >= 11 is 11.2. The molecule has 1 aromatic rings. The van der Waals surface area contributed by atoms with Crippen molar-refractivity contribution in [2.75, 3.05) is 0 Å².